The third-order valence-electron chi connectivity index (χ3n) is 2.81. The van der Waals surface area contributed by atoms with Gasteiger partial charge in [-0.1, -0.05) is 24.3 Å². The van der Waals surface area contributed by atoms with Gasteiger partial charge in [0.05, 0.1) is 5.56 Å². The molecule has 0 N–H and O–H groups in total. The Morgan fingerprint density at radius 3 is 2.76 bits per heavy atom. The topological polar surface area (TPSA) is 39.2 Å². The molecule has 2 rings (SSSR count). The number of thioether (sulfide) groups is 1. The number of ether oxygens (including phenoxy) is 1. The fourth-order valence-electron chi connectivity index (χ4n) is 1.72. The minimum atomic E-state index is -2.64. The number of carbonyl (C=O) groups excluding carboxylic acids is 1. The van der Waals surface area contributed by atoms with Crippen molar-refractivity contribution in [3.05, 3.63) is 59.3 Å². The van der Waals surface area contributed by atoms with Crippen LogP contribution < -0.4 is 0 Å². The van der Waals surface area contributed by atoms with E-state index in [9.17, 15) is 13.6 Å². The lowest BCUT2D eigenvalue weighted by molar-refractivity contribution is 0.0467. The van der Waals surface area contributed by atoms with E-state index in [1.165, 1.54) is 18.3 Å². The highest BCUT2D eigenvalue weighted by Crippen LogP contribution is 2.26. The molecule has 0 saturated carbocycles. The number of alkyl halides is 2. The van der Waals surface area contributed by atoms with Gasteiger partial charge in [-0.3, -0.25) is 0 Å². The van der Waals surface area contributed by atoms with Crippen molar-refractivity contribution in [3.8, 4) is 0 Å². The summed E-state index contributed by atoms with van der Waals surface area (Å²) >= 11 is 0.233. The molecule has 1 aromatic heterocycles. The molecule has 1 aromatic carbocycles. The molecule has 0 bridgehead atoms. The zero-order valence-electron chi connectivity index (χ0n) is 11.3. The summed E-state index contributed by atoms with van der Waals surface area (Å²) in [6.45, 7) is 2.00. The standard InChI is InChI=1S/C15H13F2NO2S/c1-10-5-2-3-6-11(10)9-20-14(19)12-7-4-8-18-13(12)21-15(16)17/h2-8,15H,9H2,1H3. The average Bonchev–Trinajstić information content (AvgIpc) is 2.46. The summed E-state index contributed by atoms with van der Waals surface area (Å²) in [6.07, 6.45) is 1.36. The Morgan fingerprint density at radius 1 is 1.29 bits per heavy atom. The third kappa shape index (κ3) is 4.26. The number of esters is 1. The Balaban J connectivity index is 2.09. The zero-order chi connectivity index (χ0) is 15.2. The van der Waals surface area contributed by atoms with Crippen LogP contribution in [0.5, 0.6) is 0 Å². The fourth-order valence-corrected chi connectivity index (χ4v) is 2.29. The van der Waals surface area contributed by atoms with Crippen molar-refractivity contribution < 1.29 is 18.3 Å². The molecule has 0 amide bonds. The lowest BCUT2D eigenvalue weighted by atomic mass is 10.1. The molecule has 0 aliphatic heterocycles. The van der Waals surface area contributed by atoms with Crippen LogP contribution in [0, 0.1) is 6.92 Å². The quantitative estimate of drug-likeness (QED) is 0.617. The molecule has 0 fully saturated rings. The first-order chi connectivity index (χ1) is 10.1. The molecule has 0 saturated heterocycles. The van der Waals surface area contributed by atoms with Gasteiger partial charge in [0.25, 0.3) is 5.76 Å². The van der Waals surface area contributed by atoms with E-state index in [0.29, 0.717) is 0 Å². The molecule has 0 aliphatic rings. The molecule has 1 heterocycles. The van der Waals surface area contributed by atoms with Crippen molar-refractivity contribution in [2.75, 3.05) is 0 Å². The summed E-state index contributed by atoms with van der Waals surface area (Å²) in [5, 5.41) is -0.0257. The second-order valence-electron chi connectivity index (χ2n) is 4.24. The summed E-state index contributed by atoms with van der Waals surface area (Å²) in [6, 6.07) is 10.4. The van der Waals surface area contributed by atoms with Gasteiger partial charge in [0.1, 0.15) is 11.6 Å². The van der Waals surface area contributed by atoms with Crippen molar-refractivity contribution in [1.29, 1.82) is 0 Å². The second-order valence-corrected chi connectivity index (χ2v) is 5.22. The molecule has 0 spiro atoms. The van der Waals surface area contributed by atoms with Crippen molar-refractivity contribution >= 4 is 17.7 Å². The van der Waals surface area contributed by atoms with E-state index >= 15 is 0 Å². The molecule has 0 atom stereocenters. The number of hydrogen-bond donors (Lipinski definition) is 0. The Hall–Kier alpha value is -1.95. The molecule has 0 unspecified atom stereocenters. The van der Waals surface area contributed by atoms with Crippen LogP contribution in [0.25, 0.3) is 0 Å². The van der Waals surface area contributed by atoms with Crippen molar-refractivity contribution in [2.24, 2.45) is 0 Å². The highest BCUT2D eigenvalue weighted by atomic mass is 32.2. The van der Waals surface area contributed by atoms with Gasteiger partial charge in [-0.25, -0.2) is 9.78 Å². The first-order valence-electron chi connectivity index (χ1n) is 6.19. The summed E-state index contributed by atoms with van der Waals surface area (Å²) < 4.78 is 30.1. The van der Waals surface area contributed by atoms with E-state index in [-0.39, 0.29) is 29.0 Å². The predicted octanol–water partition coefficient (Wildman–Crippen LogP) is 4.06. The predicted molar refractivity (Wildman–Crippen MR) is 76.4 cm³/mol. The van der Waals surface area contributed by atoms with Crippen LogP contribution in [-0.4, -0.2) is 16.7 Å². The molecule has 2 aromatic rings. The first-order valence-corrected chi connectivity index (χ1v) is 7.07. The van der Waals surface area contributed by atoms with Gasteiger partial charge in [0.2, 0.25) is 0 Å². The average molecular weight is 309 g/mol. The minimum Gasteiger partial charge on any atom is -0.457 e. The number of aromatic nitrogens is 1. The maximum absolute atomic E-state index is 12.4. The molecule has 0 radical (unpaired) electrons. The highest BCUT2D eigenvalue weighted by molar-refractivity contribution is 7.99. The van der Waals surface area contributed by atoms with Crippen molar-refractivity contribution in [2.45, 2.75) is 24.3 Å². The van der Waals surface area contributed by atoms with Gasteiger partial charge >= 0.3 is 5.97 Å². The minimum absolute atomic E-state index is 0.0257. The Labute approximate surface area is 125 Å². The Kier molecular flexibility index (Phi) is 5.27. The molecule has 6 heteroatoms. The smallest absolute Gasteiger partial charge is 0.341 e. The molecule has 3 nitrogen and oxygen atoms in total. The Morgan fingerprint density at radius 2 is 2.05 bits per heavy atom. The number of nitrogens with zero attached hydrogens (tertiary/aromatic N) is 1. The number of benzene rings is 1. The highest BCUT2D eigenvalue weighted by Gasteiger charge is 2.17. The van der Waals surface area contributed by atoms with Crippen LogP contribution in [0.4, 0.5) is 8.78 Å². The molecule has 110 valence electrons. The lowest BCUT2D eigenvalue weighted by Gasteiger charge is -2.09. The number of hydrogen-bond acceptors (Lipinski definition) is 4. The van der Waals surface area contributed by atoms with Gasteiger partial charge in [-0.2, -0.15) is 8.78 Å². The molecule has 0 aliphatic carbocycles. The fraction of sp³-hybridized carbons (Fsp3) is 0.200. The molecule has 21 heavy (non-hydrogen) atoms. The first kappa shape index (κ1) is 15.4. The lowest BCUT2D eigenvalue weighted by Crippen LogP contribution is -2.08. The second kappa shape index (κ2) is 7.17. The maximum Gasteiger partial charge on any atom is 0.341 e. The SMILES string of the molecule is Cc1ccccc1COC(=O)c1cccnc1SC(F)F. The number of rotatable bonds is 5. The Bertz CT molecular complexity index is 635. The van der Waals surface area contributed by atoms with Crippen LogP contribution in [0.1, 0.15) is 21.5 Å². The zero-order valence-corrected chi connectivity index (χ0v) is 12.1. The van der Waals surface area contributed by atoms with Gasteiger partial charge in [-0.05, 0) is 41.9 Å². The number of aryl methyl sites for hydroxylation is 1. The summed E-state index contributed by atoms with van der Waals surface area (Å²) in [7, 11) is 0. The van der Waals surface area contributed by atoms with Crippen LogP contribution in [-0.2, 0) is 11.3 Å². The molecular weight excluding hydrogens is 296 g/mol. The van der Waals surface area contributed by atoms with Crippen LogP contribution in [0.3, 0.4) is 0 Å². The summed E-state index contributed by atoms with van der Waals surface area (Å²) in [5.41, 5.74) is 1.92. The van der Waals surface area contributed by atoms with Crippen LogP contribution in [0.15, 0.2) is 47.6 Å². The van der Waals surface area contributed by atoms with Gasteiger partial charge in [0, 0.05) is 6.20 Å². The van der Waals surface area contributed by atoms with Crippen molar-refractivity contribution in [3.63, 3.8) is 0 Å². The van der Waals surface area contributed by atoms with Gasteiger partial charge in [0.15, 0.2) is 0 Å². The van der Waals surface area contributed by atoms with Crippen LogP contribution >= 0.6 is 11.8 Å². The number of carbonyl (C=O) groups is 1. The van der Waals surface area contributed by atoms with Gasteiger partial charge < -0.3 is 4.74 Å². The van der Waals surface area contributed by atoms with E-state index in [0.717, 1.165) is 11.1 Å². The molecular formula is C15H13F2NO2S. The van der Waals surface area contributed by atoms with Crippen molar-refractivity contribution in [1.82, 2.24) is 4.98 Å². The van der Waals surface area contributed by atoms with E-state index in [1.54, 1.807) is 0 Å². The third-order valence-corrected chi connectivity index (χ3v) is 3.54. The number of pyridine rings is 1. The van der Waals surface area contributed by atoms with E-state index < -0.39 is 11.7 Å². The van der Waals surface area contributed by atoms with Gasteiger partial charge in [-0.15, -0.1) is 0 Å². The summed E-state index contributed by atoms with van der Waals surface area (Å²) in [4.78, 5) is 15.8. The number of halogens is 2. The van der Waals surface area contributed by atoms with E-state index in [4.69, 9.17) is 4.74 Å². The summed E-state index contributed by atoms with van der Waals surface area (Å²) in [5.74, 6) is -3.29. The van der Waals surface area contributed by atoms with E-state index in [2.05, 4.69) is 4.98 Å². The van der Waals surface area contributed by atoms with Crippen LogP contribution in [0.2, 0.25) is 0 Å². The maximum atomic E-state index is 12.4. The largest absolute Gasteiger partial charge is 0.457 e. The normalized spacial score (nSPS) is 10.7. The monoisotopic (exact) mass is 309 g/mol. The van der Waals surface area contributed by atoms with E-state index in [1.807, 2.05) is 31.2 Å².